The van der Waals surface area contributed by atoms with Crippen molar-refractivity contribution in [2.24, 2.45) is 0 Å². The number of hydrogen-bond donors (Lipinski definition) is 1. The second-order valence-corrected chi connectivity index (χ2v) is 3.38. The van der Waals surface area contributed by atoms with Gasteiger partial charge in [-0.15, -0.1) is 0 Å². The molecule has 0 atom stereocenters. The predicted octanol–water partition coefficient (Wildman–Crippen LogP) is 1.83. The number of nitrogens with two attached hydrogens (primary N) is 1. The molecule has 0 aliphatic carbocycles. The van der Waals surface area contributed by atoms with Crippen molar-refractivity contribution in [1.29, 1.82) is 0 Å². The van der Waals surface area contributed by atoms with Gasteiger partial charge in [0.25, 0.3) is 0 Å². The van der Waals surface area contributed by atoms with Gasteiger partial charge in [-0.05, 0) is 28.1 Å². The fourth-order valence-electron chi connectivity index (χ4n) is 1.06. The number of rotatable bonds is 2. The normalized spacial score (nSPS) is 9.64. The first kappa shape index (κ1) is 10.8. The van der Waals surface area contributed by atoms with E-state index in [9.17, 15) is 4.79 Å². The molecule has 0 saturated carbocycles. The molecular weight excluding hydrogens is 250 g/mol. The minimum Gasteiger partial charge on any atom is -0.496 e. The van der Waals surface area contributed by atoms with Crippen LogP contribution in [0.5, 0.6) is 5.75 Å². The zero-order valence-corrected chi connectivity index (χ0v) is 9.42. The molecule has 1 aromatic rings. The summed E-state index contributed by atoms with van der Waals surface area (Å²) < 4.78 is 10.2. The third kappa shape index (κ3) is 1.82. The highest BCUT2D eigenvalue weighted by molar-refractivity contribution is 9.10. The van der Waals surface area contributed by atoms with E-state index < -0.39 is 5.97 Å². The monoisotopic (exact) mass is 259 g/mol. The van der Waals surface area contributed by atoms with Crippen molar-refractivity contribution in [3.63, 3.8) is 0 Å². The van der Waals surface area contributed by atoms with Crippen LogP contribution in [0.2, 0.25) is 0 Å². The molecule has 1 rings (SSSR count). The second-order valence-electron chi connectivity index (χ2n) is 2.53. The molecule has 2 N–H and O–H groups in total. The van der Waals surface area contributed by atoms with Gasteiger partial charge >= 0.3 is 5.97 Å². The summed E-state index contributed by atoms with van der Waals surface area (Å²) in [6.07, 6.45) is 0. The van der Waals surface area contributed by atoms with Gasteiger partial charge in [0.15, 0.2) is 0 Å². The van der Waals surface area contributed by atoms with Crippen molar-refractivity contribution in [2.75, 3.05) is 20.0 Å². The number of halogens is 1. The summed E-state index contributed by atoms with van der Waals surface area (Å²) in [7, 11) is 2.76. The van der Waals surface area contributed by atoms with Crippen LogP contribution in [-0.2, 0) is 4.74 Å². The lowest BCUT2D eigenvalue weighted by Crippen LogP contribution is -2.08. The Balaban J connectivity index is 3.35. The highest BCUT2D eigenvalue weighted by Gasteiger charge is 2.18. The molecule has 0 aliphatic heterocycles. The third-order valence-electron chi connectivity index (χ3n) is 1.76. The minimum atomic E-state index is -0.513. The summed E-state index contributed by atoms with van der Waals surface area (Å²) in [5.74, 6) is -0.113. The predicted molar refractivity (Wildman–Crippen MR) is 56.4 cm³/mol. The first-order chi connectivity index (χ1) is 6.61. The highest BCUT2D eigenvalue weighted by Crippen LogP contribution is 2.31. The van der Waals surface area contributed by atoms with E-state index in [0.717, 1.165) is 0 Å². The lowest BCUT2D eigenvalue weighted by Gasteiger charge is -2.10. The molecule has 76 valence electrons. The third-order valence-corrected chi connectivity index (χ3v) is 2.46. The number of anilines is 1. The number of nitrogen functional groups attached to an aromatic ring is 1. The molecule has 5 heteroatoms. The zero-order chi connectivity index (χ0) is 10.7. The largest absolute Gasteiger partial charge is 0.496 e. The summed E-state index contributed by atoms with van der Waals surface area (Å²) in [5, 5.41) is 0. The van der Waals surface area contributed by atoms with Crippen molar-refractivity contribution in [2.45, 2.75) is 0 Å². The Morgan fingerprint density at radius 1 is 1.43 bits per heavy atom. The number of benzene rings is 1. The smallest absolute Gasteiger partial charge is 0.343 e. The number of ether oxygens (including phenoxy) is 2. The zero-order valence-electron chi connectivity index (χ0n) is 7.83. The molecule has 4 nitrogen and oxygen atoms in total. The molecule has 14 heavy (non-hydrogen) atoms. The first-order valence-electron chi connectivity index (χ1n) is 3.82. The molecule has 0 aliphatic rings. The van der Waals surface area contributed by atoms with Crippen LogP contribution < -0.4 is 10.5 Å². The quantitative estimate of drug-likeness (QED) is 0.650. The number of carbonyl (C=O) groups excluding carboxylic acids is 1. The molecule has 0 unspecified atom stereocenters. The Kier molecular flexibility index (Phi) is 3.35. The van der Waals surface area contributed by atoms with Crippen LogP contribution >= 0.6 is 15.9 Å². The minimum absolute atomic E-state index is 0.240. The summed E-state index contributed by atoms with van der Waals surface area (Å²) >= 11 is 3.22. The van der Waals surface area contributed by atoms with Crippen molar-refractivity contribution < 1.29 is 14.3 Å². The van der Waals surface area contributed by atoms with Crippen molar-refractivity contribution in [1.82, 2.24) is 0 Å². The fraction of sp³-hybridized carbons (Fsp3) is 0.222. The van der Waals surface area contributed by atoms with Gasteiger partial charge < -0.3 is 15.2 Å². The maximum absolute atomic E-state index is 11.4. The van der Waals surface area contributed by atoms with Crippen LogP contribution in [0.25, 0.3) is 0 Å². The molecule has 0 bridgehead atoms. The molecule has 0 aromatic heterocycles. The number of carbonyl (C=O) groups is 1. The summed E-state index contributed by atoms with van der Waals surface area (Å²) in [5.41, 5.74) is 6.26. The van der Waals surface area contributed by atoms with Gasteiger partial charge in [-0.25, -0.2) is 4.79 Å². The molecule has 0 amide bonds. The topological polar surface area (TPSA) is 61.5 Å². The highest BCUT2D eigenvalue weighted by atomic mass is 79.9. The van der Waals surface area contributed by atoms with Crippen LogP contribution in [0, 0.1) is 0 Å². The van der Waals surface area contributed by atoms with Gasteiger partial charge in [0.05, 0.1) is 19.9 Å². The van der Waals surface area contributed by atoms with Crippen molar-refractivity contribution in [3.8, 4) is 5.75 Å². The van der Waals surface area contributed by atoms with Gasteiger partial charge in [0.2, 0.25) is 0 Å². The van der Waals surface area contributed by atoms with E-state index >= 15 is 0 Å². The lowest BCUT2D eigenvalue weighted by molar-refractivity contribution is 0.0598. The van der Waals surface area contributed by atoms with Gasteiger partial charge in [-0.2, -0.15) is 0 Å². The SMILES string of the molecule is COC(=O)c1c(OC)ccc(Br)c1N. The van der Waals surface area contributed by atoms with Gasteiger partial charge in [0, 0.05) is 4.47 Å². The van der Waals surface area contributed by atoms with Gasteiger partial charge in [0.1, 0.15) is 11.3 Å². The Labute approximate surface area is 90.1 Å². The van der Waals surface area contributed by atoms with Crippen molar-refractivity contribution >= 4 is 27.6 Å². The van der Waals surface area contributed by atoms with Gasteiger partial charge in [-0.3, -0.25) is 0 Å². The number of esters is 1. The maximum atomic E-state index is 11.4. The van der Waals surface area contributed by atoms with E-state index in [0.29, 0.717) is 15.9 Å². The Hall–Kier alpha value is -1.23. The van der Waals surface area contributed by atoms with Crippen molar-refractivity contribution in [3.05, 3.63) is 22.2 Å². The molecule has 0 spiro atoms. The average Bonchev–Trinajstić information content (AvgIpc) is 2.20. The Bertz CT molecular complexity index is 365. The van der Waals surface area contributed by atoms with Crippen LogP contribution in [-0.4, -0.2) is 20.2 Å². The average molecular weight is 260 g/mol. The van der Waals surface area contributed by atoms with E-state index in [1.807, 2.05) is 0 Å². The molecule has 0 saturated heterocycles. The lowest BCUT2D eigenvalue weighted by atomic mass is 10.1. The van der Waals surface area contributed by atoms with Crippen LogP contribution in [0.3, 0.4) is 0 Å². The summed E-state index contributed by atoms with van der Waals surface area (Å²) in [6, 6.07) is 3.35. The first-order valence-corrected chi connectivity index (χ1v) is 4.61. The number of hydrogen-bond acceptors (Lipinski definition) is 4. The van der Waals surface area contributed by atoms with E-state index in [1.165, 1.54) is 14.2 Å². The summed E-state index contributed by atoms with van der Waals surface area (Å²) in [6.45, 7) is 0. The molecule has 0 radical (unpaired) electrons. The van der Waals surface area contributed by atoms with Gasteiger partial charge in [-0.1, -0.05) is 0 Å². The molecule has 1 aromatic carbocycles. The van der Waals surface area contributed by atoms with E-state index in [4.69, 9.17) is 10.5 Å². The van der Waals surface area contributed by atoms with E-state index in [2.05, 4.69) is 20.7 Å². The second kappa shape index (κ2) is 4.32. The van der Waals surface area contributed by atoms with Crippen LogP contribution in [0.1, 0.15) is 10.4 Å². The molecule has 0 heterocycles. The number of methoxy groups -OCH3 is 2. The summed E-state index contributed by atoms with van der Waals surface area (Å²) in [4.78, 5) is 11.4. The Morgan fingerprint density at radius 3 is 2.57 bits per heavy atom. The standard InChI is InChI=1S/C9H10BrNO3/c1-13-6-4-3-5(10)8(11)7(6)9(12)14-2/h3-4H,11H2,1-2H3. The Morgan fingerprint density at radius 2 is 2.07 bits per heavy atom. The molecular formula is C9H10BrNO3. The molecule has 0 fully saturated rings. The maximum Gasteiger partial charge on any atom is 0.343 e. The van der Waals surface area contributed by atoms with E-state index in [1.54, 1.807) is 12.1 Å². The fourth-order valence-corrected chi connectivity index (χ4v) is 1.39. The van der Waals surface area contributed by atoms with Crippen LogP contribution in [0.4, 0.5) is 5.69 Å². The van der Waals surface area contributed by atoms with Crippen LogP contribution in [0.15, 0.2) is 16.6 Å². The van der Waals surface area contributed by atoms with E-state index in [-0.39, 0.29) is 5.56 Å².